The van der Waals surface area contributed by atoms with Crippen LogP contribution in [0.1, 0.15) is 104 Å². The van der Waals surface area contributed by atoms with Crippen LogP contribution in [-0.2, 0) is 24.1 Å². The smallest absolute Gasteiger partial charge is 0.191 e. The van der Waals surface area contributed by atoms with Crippen LogP contribution in [0.2, 0.25) is 0 Å². The summed E-state index contributed by atoms with van der Waals surface area (Å²) >= 11 is 0. The van der Waals surface area contributed by atoms with Gasteiger partial charge in [-0.2, -0.15) is 0 Å². The molecule has 0 radical (unpaired) electrons. The Morgan fingerprint density at radius 2 is 1.91 bits per heavy atom. The molecule has 3 aliphatic heterocycles. The van der Waals surface area contributed by atoms with Gasteiger partial charge in [0, 0.05) is 61.8 Å². The van der Waals surface area contributed by atoms with E-state index in [-0.39, 0.29) is 48.6 Å². The van der Waals surface area contributed by atoms with Crippen molar-refractivity contribution in [2.75, 3.05) is 6.54 Å². The zero-order valence-corrected chi connectivity index (χ0v) is 32.1. The molecule has 0 unspecified atom stereocenters. The summed E-state index contributed by atoms with van der Waals surface area (Å²) in [4.78, 5) is 16.6. The van der Waals surface area contributed by atoms with Gasteiger partial charge >= 0.3 is 0 Å². The van der Waals surface area contributed by atoms with Gasteiger partial charge in [-0.05, 0) is 77.5 Å². The fourth-order valence-electron chi connectivity index (χ4n) is 9.83. The molecule has 9 rings (SSSR count). The first kappa shape index (κ1) is 37.6. The molecule has 11 nitrogen and oxygen atoms in total. The first-order chi connectivity index (χ1) is 27.6. The number of benzene rings is 2. The molecule has 1 spiro atoms. The van der Waals surface area contributed by atoms with Crippen LogP contribution >= 0.6 is 0 Å². The van der Waals surface area contributed by atoms with Crippen molar-refractivity contribution < 1.29 is 34.7 Å². The number of Topliss-reactive ketones (excluding diaryl/α,β-unsaturated/α-hetero) is 1. The fourth-order valence-corrected chi connectivity index (χ4v) is 9.83. The highest BCUT2D eigenvalue weighted by Crippen LogP contribution is 2.51. The number of phenolic OH excluding ortho intramolecular Hbond substituents is 1. The van der Waals surface area contributed by atoms with Crippen LogP contribution in [0.3, 0.4) is 0 Å². The molecule has 0 saturated heterocycles. The van der Waals surface area contributed by atoms with Crippen LogP contribution < -0.4 is 20.5 Å². The number of hydrogen-bond acceptors (Lipinski definition) is 9. The molecule has 1 saturated carbocycles. The maximum absolute atomic E-state index is 13.1. The van der Waals surface area contributed by atoms with Crippen molar-refractivity contribution in [3.63, 3.8) is 0 Å². The molecule has 1 fully saturated rings. The molecule has 2 bridgehead atoms. The number of nitrogens with zero attached hydrogens (tertiary/aromatic N) is 1. The molecule has 8 atom stereocenters. The second-order valence-corrected chi connectivity index (χ2v) is 16.8. The second kappa shape index (κ2) is 15.1. The standard InChI is InChI=1S/C46H50N4O7/c1-26-4-7-33(40(54)18-26)41(55)21-29(51)6-5-27-20-43-42(22-39(27)53)56-17-15-46(13-2-3-14-46)36-10-11-38(52)31-8-9-32-30(12-16-48-44(32)47)34(31)19-28-23-49-37-25-50(24-35(28)37)45(36)57-43/h4,7-9,20,22-26,33,36,38,40-41,44-45,48-49,52-55H,2-3,5-6,12-14,16,18-19,21,47H2,1H3/t26-,33+,36+,38-,40+,41-,44-,45-/m0/s1. The van der Waals surface area contributed by atoms with E-state index in [9.17, 15) is 25.2 Å². The lowest BCUT2D eigenvalue weighted by molar-refractivity contribution is -0.122. The van der Waals surface area contributed by atoms with E-state index in [1.54, 1.807) is 6.07 Å². The topological polar surface area (TPSA) is 175 Å². The van der Waals surface area contributed by atoms with Crippen molar-refractivity contribution in [1.29, 1.82) is 0 Å². The predicted octanol–water partition coefficient (Wildman–Crippen LogP) is 5.35. The SMILES string of the molecule is C[C@H]1C=C[C@@H]([C@@H](O)CC(=O)CCc2cc3c(cc2O)OC#CC2(CCCC2)[C@@H]2C#C[C@H](O)c4ccc5c(c4Cc4c[nH]c6cn(cc46)[C@H]2O3)CCN[C@@H]5N)[C@H](O)C1. The third kappa shape index (κ3) is 7.02. The number of hydrogen-bond donors (Lipinski definition) is 7. The number of allylic oxidation sites excluding steroid dienone is 1. The van der Waals surface area contributed by atoms with E-state index in [4.69, 9.17) is 15.2 Å². The van der Waals surface area contributed by atoms with Gasteiger partial charge in [0.15, 0.2) is 17.7 Å². The summed E-state index contributed by atoms with van der Waals surface area (Å²) < 4.78 is 15.1. The minimum atomic E-state index is -1.07. The summed E-state index contributed by atoms with van der Waals surface area (Å²) in [5.74, 6) is 9.83. The number of aromatic amines is 1. The number of rotatable bonds is 6. The highest BCUT2D eigenvalue weighted by atomic mass is 16.5. The number of carbonyl (C=O) groups is 1. The highest BCUT2D eigenvalue weighted by molar-refractivity contribution is 5.83. The van der Waals surface area contributed by atoms with E-state index in [2.05, 4.69) is 40.4 Å². The number of H-pyrrole nitrogens is 1. The number of aromatic nitrogens is 2. The minimum absolute atomic E-state index is 0.0587. The van der Waals surface area contributed by atoms with Crippen LogP contribution in [0.25, 0.3) is 10.9 Å². The van der Waals surface area contributed by atoms with Gasteiger partial charge in [0.25, 0.3) is 0 Å². The molecular formula is C46H50N4O7. The van der Waals surface area contributed by atoms with Gasteiger partial charge in [-0.1, -0.05) is 61.8 Å². The van der Waals surface area contributed by atoms with E-state index < -0.39 is 41.8 Å². The Hall–Kier alpha value is -5.01. The molecule has 0 amide bonds. The van der Waals surface area contributed by atoms with Gasteiger partial charge in [0.2, 0.25) is 0 Å². The van der Waals surface area contributed by atoms with Crippen molar-refractivity contribution >= 4 is 16.7 Å². The number of aryl methyl sites for hydroxylation is 1. The fraction of sp³-hybridized carbons (Fsp3) is 0.457. The van der Waals surface area contributed by atoms with Gasteiger partial charge in [0.05, 0.1) is 35.2 Å². The van der Waals surface area contributed by atoms with E-state index in [1.165, 1.54) is 6.07 Å². The number of ether oxygens (including phenoxy) is 2. The Morgan fingerprint density at radius 1 is 1.09 bits per heavy atom. The average Bonchev–Trinajstić information content (AvgIpc) is 3.93. The van der Waals surface area contributed by atoms with Crippen molar-refractivity contribution in [1.82, 2.24) is 14.9 Å². The lowest BCUT2D eigenvalue weighted by atomic mass is 9.73. The van der Waals surface area contributed by atoms with Crippen LogP contribution in [-0.4, -0.2) is 54.5 Å². The number of fused-ring (bicyclic) bond motifs is 8. The zero-order chi connectivity index (χ0) is 39.4. The molecular weight excluding hydrogens is 721 g/mol. The van der Waals surface area contributed by atoms with Crippen molar-refractivity contribution in [2.24, 2.45) is 28.9 Å². The molecule has 57 heavy (non-hydrogen) atoms. The third-order valence-electron chi connectivity index (χ3n) is 13.0. The zero-order valence-electron chi connectivity index (χ0n) is 32.1. The summed E-state index contributed by atoms with van der Waals surface area (Å²) in [7, 11) is 0. The molecule has 11 heteroatoms. The monoisotopic (exact) mass is 770 g/mol. The Morgan fingerprint density at radius 3 is 2.74 bits per heavy atom. The molecule has 2 aromatic carbocycles. The lowest BCUT2D eigenvalue weighted by Gasteiger charge is -2.35. The summed E-state index contributed by atoms with van der Waals surface area (Å²) in [5.41, 5.74) is 12.4. The molecule has 2 aromatic heterocycles. The van der Waals surface area contributed by atoms with Crippen LogP contribution in [0.5, 0.6) is 17.2 Å². The van der Waals surface area contributed by atoms with E-state index in [1.807, 2.05) is 48.2 Å². The average molecular weight is 771 g/mol. The summed E-state index contributed by atoms with van der Waals surface area (Å²) in [6, 6.07) is 7.15. The quantitative estimate of drug-likeness (QED) is 0.101. The maximum atomic E-state index is 13.1. The molecule has 5 aliphatic rings. The number of aliphatic hydroxyl groups is 3. The minimum Gasteiger partial charge on any atom is -0.508 e. The maximum Gasteiger partial charge on any atom is 0.191 e. The Bertz CT molecular complexity index is 2370. The Labute approximate surface area is 332 Å². The van der Waals surface area contributed by atoms with Crippen molar-refractivity contribution in [2.45, 2.75) is 102 Å². The van der Waals surface area contributed by atoms with Gasteiger partial charge < -0.3 is 45.2 Å². The molecule has 296 valence electrons. The molecule has 2 aliphatic carbocycles. The first-order valence-electron chi connectivity index (χ1n) is 20.3. The van der Waals surface area contributed by atoms with E-state index in [0.717, 1.165) is 77.4 Å². The normalized spacial score (nSPS) is 27.6. The van der Waals surface area contributed by atoms with Crippen LogP contribution in [0.15, 0.2) is 55.0 Å². The number of carbonyl (C=O) groups excluding carboxylic acids is 1. The van der Waals surface area contributed by atoms with Gasteiger partial charge in [-0.3, -0.25) is 10.1 Å². The van der Waals surface area contributed by atoms with Crippen LogP contribution in [0, 0.1) is 47.0 Å². The van der Waals surface area contributed by atoms with Gasteiger partial charge in [0.1, 0.15) is 23.7 Å². The van der Waals surface area contributed by atoms with E-state index >= 15 is 0 Å². The predicted molar refractivity (Wildman–Crippen MR) is 214 cm³/mol. The highest BCUT2D eigenvalue weighted by Gasteiger charge is 2.46. The van der Waals surface area contributed by atoms with Crippen molar-refractivity contribution in [3.05, 3.63) is 88.4 Å². The number of nitrogens with one attached hydrogen (secondary N) is 2. The molecule has 4 aromatic rings. The summed E-state index contributed by atoms with van der Waals surface area (Å²) in [5, 5.41) is 48.8. The first-order valence-corrected chi connectivity index (χ1v) is 20.3. The van der Waals surface area contributed by atoms with E-state index in [0.29, 0.717) is 24.2 Å². The Balaban J connectivity index is 1.08. The molecule has 5 heterocycles. The third-order valence-corrected chi connectivity index (χ3v) is 13.0. The molecule has 8 N–H and O–H groups in total. The largest absolute Gasteiger partial charge is 0.508 e. The van der Waals surface area contributed by atoms with Crippen LogP contribution in [0.4, 0.5) is 0 Å². The summed E-state index contributed by atoms with van der Waals surface area (Å²) in [6.07, 6.45) is 14.7. The lowest BCUT2D eigenvalue weighted by Crippen LogP contribution is -2.36. The number of aromatic hydroxyl groups is 1. The summed E-state index contributed by atoms with van der Waals surface area (Å²) in [6.45, 7) is 2.76. The van der Waals surface area contributed by atoms with Crippen molar-refractivity contribution in [3.8, 4) is 41.1 Å². The second-order valence-electron chi connectivity index (χ2n) is 16.8. The van der Waals surface area contributed by atoms with Gasteiger partial charge in [-0.15, -0.1) is 0 Å². The van der Waals surface area contributed by atoms with Gasteiger partial charge in [-0.25, -0.2) is 0 Å². The Kier molecular flexibility index (Phi) is 9.92. The number of nitrogens with two attached hydrogens (primary N) is 1. The number of phenols is 1. The number of aliphatic hydroxyl groups excluding tert-OH is 3. The number of ketones is 1.